The fourth-order valence-corrected chi connectivity index (χ4v) is 1.58. The normalized spacial score (nSPS) is 23.9. The lowest BCUT2D eigenvalue weighted by atomic mass is 10.2. The Bertz CT molecular complexity index is 195. The number of piperazine rings is 1. The maximum Gasteiger partial charge on any atom is 0.320 e. The number of hydrogen-bond acceptors (Lipinski definition) is 4. The van der Waals surface area contributed by atoms with Crippen molar-refractivity contribution >= 4 is 5.97 Å². The van der Waals surface area contributed by atoms with Crippen molar-refractivity contribution in [2.45, 2.75) is 32.9 Å². The maximum atomic E-state index is 11.4. The van der Waals surface area contributed by atoms with Gasteiger partial charge in [0.15, 0.2) is 0 Å². The Balaban J connectivity index is 2.31. The summed E-state index contributed by atoms with van der Waals surface area (Å²) in [5, 5.41) is 3.28. The van der Waals surface area contributed by atoms with Crippen molar-refractivity contribution in [2.24, 2.45) is 0 Å². The first kappa shape index (κ1) is 11.5. The van der Waals surface area contributed by atoms with Gasteiger partial charge in [0.25, 0.3) is 0 Å². The molecule has 4 nitrogen and oxygen atoms in total. The first-order valence-electron chi connectivity index (χ1n) is 5.24. The van der Waals surface area contributed by atoms with Crippen molar-refractivity contribution in [2.75, 3.05) is 26.2 Å². The van der Waals surface area contributed by atoms with Gasteiger partial charge in [-0.1, -0.05) is 0 Å². The second-order valence-corrected chi connectivity index (χ2v) is 4.06. The Labute approximate surface area is 85.6 Å². The Kier molecular flexibility index (Phi) is 4.35. The predicted molar refractivity (Wildman–Crippen MR) is 55.1 cm³/mol. The van der Waals surface area contributed by atoms with Gasteiger partial charge in [-0.3, -0.25) is 9.69 Å². The van der Waals surface area contributed by atoms with Crippen molar-refractivity contribution in [3.05, 3.63) is 0 Å². The molecular weight excluding hydrogens is 180 g/mol. The quantitative estimate of drug-likeness (QED) is 0.662. The number of nitrogens with one attached hydrogen (secondary N) is 1. The molecule has 0 bridgehead atoms. The SMILES string of the molecule is CC(C)OC(=O)CN1CCNC[C@@H]1C. The van der Waals surface area contributed by atoms with E-state index >= 15 is 0 Å². The van der Waals surface area contributed by atoms with E-state index in [0.717, 1.165) is 19.6 Å². The molecule has 82 valence electrons. The van der Waals surface area contributed by atoms with Gasteiger partial charge >= 0.3 is 5.97 Å². The lowest BCUT2D eigenvalue weighted by Gasteiger charge is -2.33. The molecule has 0 aromatic rings. The second-order valence-electron chi connectivity index (χ2n) is 4.06. The van der Waals surface area contributed by atoms with Gasteiger partial charge in [-0.05, 0) is 20.8 Å². The van der Waals surface area contributed by atoms with E-state index in [9.17, 15) is 4.79 Å². The molecular formula is C10H20N2O2. The molecule has 1 rings (SSSR count). The minimum atomic E-state index is -0.117. The van der Waals surface area contributed by atoms with Gasteiger partial charge in [0.2, 0.25) is 0 Å². The number of carbonyl (C=O) groups is 1. The van der Waals surface area contributed by atoms with Gasteiger partial charge in [-0.2, -0.15) is 0 Å². The van der Waals surface area contributed by atoms with Crippen LogP contribution < -0.4 is 5.32 Å². The highest BCUT2D eigenvalue weighted by atomic mass is 16.5. The average Bonchev–Trinajstić information content (AvgIpc) is 2.07. The molecule has 1 aliphatic rings. The Morgan fingerprint density at radius 2 is 2.36 bits per heavy atom. The first-order valence-corrected chi connectivity index (χ1v) is 5.24. The van der Waals surface area contributed by atoms with Gasteiger partial charge in [0, 0.05) is 25.7 Å². The van der Waals surface area contributed by atoms with Crippen LogP contribution in [-0.4, -0.2) is 49.2 Å². The number of hydrogen-bond donors (Lipinski definition) is 1. The van der Waals surface area contributed by atoms with E-state index in [2.05, 4.69) is 17.1 Å². The highest BCUT2D eigenvalue weighted by Crippen LogP contribution is 2.02. The molecule has 1 fully saturated rings. The van der Waals surface area contributed by atoms with Crippen LogP contribution in [0, 0.1) is 0 Å². The summed E-state index contributed by atoms with van der Waals surface area (Å²) in [4.78, 5) is 13.5. The van der Waals surface area contributed by atoms with Crippen molar-refractivity contribution in [3.63, 3.8) is 0 Å². The zero-order chi connectivity index (χ0) is 10.6. The number of esters is 1. The molecule has 4 heteroatoms. The minimum Gasteiger partial charge on any atom is -0.462 e. The average molecular weight is 200 g/mol. The third-order valence-corrected chi connectivity index (χ3v) is 2.34. The standard InChI is InChI=1S/C10H20N2O2/c1-8(2)14-10(13)7-12-5-4-11-6-9(12)3/h8-9,11H,4-7H2,1-3H3/t9-/m0/s1. The smallest absolute Gasteiger partial charge is 0.320 e. The molecule has 0 spiro atoms. The molecule has 0 saturated carbocycles. The summed E-state index contributed by atoms with van der Waals surface area (Å²) < 4.78 is 5.10. The third-order valence-electron chi connectivity index (χ3n) is 2.34. The Morgan fingerprint density at radius 1 is 1.64 bits per heavy atom. The summed E-state index contributed by atoms with van der Waals surface area (Å²) in [5.41, 5.74) is 0. The van der Waals surface area contributed by atoms with Crippen LogP contribution in [0.25, 0.3) is 0 Å². The predicted octanol–water partition coefficient (Wildman–Crippen LogP) is 0.232. The first-order chi connectivity index (χ1) is 6.59. The van der Waals surface area contributed by atoms with Crippen LogP contribution in [0.3, 0.4) is 0 Å². The molecule has 0 unspecified atom stereocenters. The summed E-state index contributed by atoms with van der Waals surface area (Å²) in [7, 11) is 0. The third kappa shape index (κ3) is 3.64. The molecule has 14 heavy (non-hydrogen) atoms. The van der Waals surface area contributed by atoms with E-state index in [1.165, 1.54) is 0 Å². The number of rotatable bonds is 3. The number of ether oxygens (including phenoxy) is 1. The topological polar surface area (TPSA) is 41.6 Å². The molecule has 1 aliphatic heterocycles. The number of nitrogens with zero attached hydrogens (tertiary/aromatic N) is 1. The van der Waals surface area contributed by atoms with Gasteiger partial charge in [0.1, 0.15) is 0 Å². The molecule has 1 N–H and O–H groups in total. The highest BCUT2D eigenvalue weighted by molar-refractivity contribution is 5.71. The number of carbonyl (C=O) groups excluding carboxylic acids is 1. The minimum absolute atomic E-state index is 0.0132. The van der Waals surface area contributed by atoms with Crippen molar-refractivity contribution in [1.29, 1.82) is 0 Å². The van der Waals surface area contributed by atoms with Crippen LogP contribution in [0.1, 0.15) is 20.8 Å². The van der Waals surface area contributed by atoms with Gasteiger partial charge < -0.3 is 10.1 Å². The second kappa shape index (κ2) is 5.32. The van der Waals surface area contributed by atoms with Gasteiger partial charge in [-0.25, -0.2) is 0 Å². The molecule has 1 atom stereocenters. The van der Waals surface area contributed by atoms with Crippen molar-refractivity contribution in [1.82, 2.24) is 10.2 Å². The lowest BCUT2D eigenvalue weighted by Crippen LogP contribution is -2.51. The lowest BCUT2D eigenvalue weighted by molar-refractivity contribution is -0.149. The van der Waals surface area contributed by atoms with E-state index in [4.69, 9.17) is 4.74 Å². The highest BCUT2D eigenvalue weighted by Gasteiger charge is 2.20. The van der Waals surface area contributed by atoms with Gasteiger partial charge in [0.05, 0.1) is 12.6 Å². The van der Waals surface area contributed by atoms with Crippen molar-refractivity contribution in [3.8, 4) is 0 Å². The van der Waals surface area contributed by atoms with Gasteiger partial charge in [-0.15, -0.1) is 0 Å². The summed E-state index contributed by atoms with van der Waals surface area (Å²) in [6.45, 7) is 9.12. The summed E-state index contributed by atoms with van der Waals surface area (Å²) in [6, 6.07) is 0.420. The fraction of sp³-hybridized carbons (Fsp3) is 0.900. The molecule has 1 saturated heterocycles. The van der Waals surface area contributed by atoms with Crippen LogP contribution >= 0.6 is 0 Å². The Hall–Kier alpha value is -0.610. The van der Waals surface area contributed by atoms with E-state index in [0.29, 0.717) is 12.6 Å². The van der Waals surface area contributed by atoms with Crippen LogP contribution in [0.15, 0.2) is 0 Å². The molecule has 0 aromatic carbocycles. The molecule has 0 aromatic heterocycles. The molecule has 1 heterocycles. The molecule has 0 radical (unpaired) electrons. The van der Waals surface area contributed by atoms with Crippen LogP contribution in [0.2, 0.25) is 0 Å². The van der Waals surface area contributed by atoms with Crippen LogP contribution in [0.4, 0.5) is 0 Å². The maximum absolute atomic E-state index is 11.4. The molecule has 0 aliphatic carbocycles. The van der Waals surface area contributed by atoms with E-state index < -0.39 is 0 Å². The monoisotopic (exact) mass is 200 g/mol. The zero-order valence-corrected chi connectivity index (χ0v) is 9.25. The van der Waals surface area contributed by atoms with E-state index in [1.54, 1.807) is 0 Å². The summed E-state index contributed by atoms with van der Waals surface area (Å²) >= 11 is 0. The Morgan fingerprint density at radius 3 is 2.93 bits per heavy atom. The van der Waals surface area contributed by atoms with Crippen LogP contribution in [0.5, 0.6) is 0 Å². The van der Waals surface area contributed by atoms with E-state index in [1.807, 2.05) is 13.8 Å². The summed E-state index contributed by atoms with van der Waals surface area (Å²) in [6.07, 6.45) is -0.0132. The fourth-order valence-electron chi connectivity index (χ4n) is 1.58. The summed E-state index contributed by atoms with van der Waals surface area (Å²) in [5.74, 6) is -0.117. The largest absolute Gasteiger partial charge is 0.462 e. The van der Waals surface area contributed by atoms with Crippen LogP contribution in [-0.2, 0) is 9.53 Å². The zero-order valence-electron chi connectivity index (χ0n) is 9.25. The van der Waals surface area contributed by atoms with E-state index in [-0.39, 0.29) is 12.1 Å². The molecule has 0 amide bonds. The van der Waals surface area contributed by atoms with Crippen molar-refractivity contribution < 1.29 is 9.53 Å².